The van der Waals surface area contributed by atoms with E-state index in [2.05, 4.69) is 22.0 Å². The Balaban J connectivity index is 1.27. The first-order valence-electron chi connectivity index (χ1n) is 12.6. The summed E-state index contributed by atoms with van der Waals surface area (Å²) in [4.78, 5) is 51.1. The maximum absolute atomic E-state index is 13.0. The number of rotatable bonds is 5. The fourth-order valence-electron chi connectivity index (χ4n) is 5.03. The second-order valence-electron chi connectivity index (χ2n) is 10.2. The molecule has 0 aromatic heterocycles. The standard InChI is InChI=1S/C30H27N5O4/c1-30(2,22-8-4-7-20(14-22)19-6-3-5-18(13-19)16-31)34-29(39)32-23-9-10-24-21(15-23)17-35(28(24)38)25-11-12-26(36)33-27(25)37/h3-10,13-15,25H,11-12,17H2,1-2H3,(H2,32,34,39)(H,33,36,37). The molecule has 2 heterocycles. The van der Waals surface area contributed by atoms with Gasteiger partial charge in [0.15, 0.2) is 0 Å². The number of fused-ring (bicyclic) bond motifs is 1. The Morgan fingerprint density at radius 1 is 1.03 bits per heavy atom. The number of urea groups is 1. The summed E-state index contributed by atoms with van der Waals surface area (Å²) in [6.07, 6.45) is 0.479. The van der Waals surface area contributed by atoms with Gasteiger partial charge in [0.25, 0.3) is 5.91 Å². The van der Waals surface area contributed by atoms with Crippen LogP contribution in [0.4, 0.5) is 10.5 Å². The van der Waals surface area contributed by atoms with Gasteiger partial charge in [0.1, 0.15) is 6.04 Å². The van der Waals surface area contributed by atoms with Crippen molar-refractivity contribution in [1.82, 2.24) is 15.5 Å². The number of nitrogens with one attached hydrogen (secondary N) is 3. The number of nitrogens with zero attached hydrogens (tertiary/aromatic N) is 2. The molecule has 0 bridgehead atoms. The summed E-state index contributed by atoms with van der Waals surface area (Å²) in [7, 11) is 0. The van der Waals surface area contributed by atoms with Crippen molar-refractivity contribution in [2.75, 3.05) is 5.32 Å². The van der Waals surface area contributed by atoms with E-state index in [4.69, 9.17) is 0 Å². The molecule has 1 unspecified atom stereocenters. The SMILES string of the molecule is CC(C)(NC(=O)Nc1ccc2c(c1)CN(C1CCC(=O)NC1=O)C2=O)c1cccc(-c2cccc(C#N)c2)c1. The fourth-order valence-corrected chi connectivity index (χ4v) is 5.03. The van der Waals surface area contributed by atoms with E-state index < -0.39 is 23.5 Å². The van der Waals surface area contributed by atoms with E-state index in [0.717, 1.165) is 16.7 Å². The molecule has 3 aromatic rings. The summed E-state index contributed by atoms with van der Waals surface area (Å²) in [6, 6.07) is 21.2. The molecule has 2 aliphatic rings. The molecule has 1 fully saturated rings. The van der Waals surface area contributed by atoms with Crippen LogP contribution in [0.5, 0.6) is 0 Å². The Kier molecular flexibility index (Phi) is 6.62. The monoisotopic (exact) mass is 521 g/mol. The fraction of sp³-hybridized carbons (Fsp3) is 0.233. The number of nitriles is 1. The highest BCUT2D eigenvalue weighted by molar-refractivity contribution is 6.05. The lowest BCUT2D eigenvalue weighted by atomic mass is 9.91. The molecule has 9 nitrogen and oxygen atoms in total. The van der Waals surface area contributed by atoms with Crippen LogP contribution < -0.4 is 16.0 Å². The van der Waals surface area contributed by atoms with Crippen molar-refractivity contribution in [3.8, 4) is 17.2 Å². The lowest BCUT2D eigenvalue weighted by molar-refractivity contribution is -0.136. The van der Waals surface area contributed by atoms with Crippen LogP contribution in [0.15, 0.2) is 66.7 Å². The topological polar surface area (TPSA) is 131 Å². The van der Waals surface area contributed by atoms with E-state index in [-0.39, 0.29) is 31.2 Å². The van der Waals surface area contributed by atoms with Gasteiger partial charge < -0.3 is 15.5 Å². The van der Waals surface area contributed by atoms with Gasteiger partial charge in [0.2, 0.25) is 11.8 Å². The van der Waals surface area contributed by atoms with Gasteiger partial charge in [-0.15, -0.1) is 0 Å². The van der Waals surface area contributed by atoms with Gasteiger partial charge in [0.05, 0.1) is 17.2 Å². The number of imide groups is 1. The van der Waals surface area contributed by atoms with Gasteiger partial charge >= 0.3 is 6.03 Å². The molecule has 5 amide bonds. The average molecular weight is 522 g/mol. The van der Waals surface area contributed by atoms with Crippen molar-refractivity contribution in [2.45, 2.75) is 44.8 Å². The van der Waals surface area contributed by atoms with E-state index >= 15 is 0 Å². The molecule has 5 rings (SSSR count). The van der Waals surface area contributed by atoms with Gasteiger partial charge in [-0.25, -0.2) is 4.79 Å². The maximum Gasteiger partial charge on any atom is 0.319 e. The van der Waals surface area contributed by atoms with Gasteiger partial charge in [0, 0.05) is 24.2 Å². The van der Waals surface area contributed by atoms with E-state index in [1.54, 1.807) is 24.3 Å². The molecule has 9 heteroatoms. The molecule has 39 heavy (non-hydrogen) atoms. The number of carbonyl (C=O) groups is 4. The highest BCUT2D eigenvalue weighted by Gasteiger charge is 2.39. The molecule has 2 aliphatic heterocycles. The van der Waals surface area contributed by atoms with Crippen LogP contribution in [-0.2, 0) is 21.7 Å². The van der Waals surface area contributed by atoms with Crippen molar-refractivity contribution >= 4 is 29.4 Å². The van der Waals surface area contributed by atoms with Crippen LogP contribution in [0.2, 0.25) is 0 Å². The predicted molar refractivity (Wildman–Crippen MR) is 144 cm³/mol. The highest BCUT2D eigenvalue weighted by atomic mass is 16.2. The van der Waals surface area contributed by atoms with Crippen LogP contribution in [0.1, 0.15) is 53.7 Å². The molecular weight excluding hydrogens is 494 g/mol. The molecule has 1 saturated heterocycles. The number of piperidine rings is 1. The molecule has 0 aliphatic carbocycles. The second-order valence-corrected chi connectivity index (χ2v) is 10.2. The van der Waals surface area contributed by atoms with Crippen molar-refractivity contribution in [1.29, 1.82) is 5.26 Å². The zero-order chi connectivity index (χ0) is 27.7. The van der Waals surface area contributed by atoms with Crippen molar-refractivity contribution in [3.63, 3.8) is 0 Å². The summed E-state index contributed by atoms with van der Waals surface area (Å²) in [5, 5.41) is 17.4. The van der Waals surface area contributed by atoms with E-state index in [9.17, 15) is 24.4 Å². The molecule has 1 atom stereocenters. The van der Waals surface area contributed by atoms with Crippen LogP contribution in [-0.4, -0.2) is 34.7 Å². The lowest BCUT2D eigenvalue weighted by Crippen LogP contribution is -2.52. The smallest absolute Gasteiger partial charge is 0.319 e. The molecular formula is C30H27N5O4. The summed E-state index contributed by atoms with van der Waals surface area (Å²) >= 11 is 0. The van der Waals surface area contributed by atoms with Crippen LogP contribution in [0.3, 0.4) is 0 Å². The summed E-state index contributed by atoms with van der Waals surface area (Å²) in [5.41, 5.74) is 4.28. The first-order chi connectivity index (χ1) is 18.6. The van der Waals surface area contributed by atoms with Crippen LogP contribution in [0.25, 0.3) is 11.1 Å². The number of benzene rings is 3. The zero-order valence-electron chi connectivity index (χ0n) is 21.6. The molecule has 0 spiro atoms. The predicted octanol–water partition coefficient (Wildman–Crippen LogP) is 4.04. The third-order valence-electron chi connectivity index (χ3n) is 7.12. The molecule has 0 saturated carbocycles. The van der Waals surface area contributed by atoms with Crippen molar-refractivity contribution in [2.24, 2.45) is 0 Å². The van der Waals surface area contributed by atoms with E-state index in [1.165, 1.54) is 4.90 Å². The molecule has 0 radical (unpaired) electrons. The normalized spacial score (nSPS) is 16.8. The van der Waals surface area contributed by atoms with Crippen molar-refractivity contribution < 1.29 is 19.2 Å². The van der Waals surface area contributed by atoms with Gasteiger partial charge in [-0.3, -0.25) is 19.7 Å². The van der Waals surface area contributed by atoms with E-state index in [1.807, 2.05) is 56.3 Å². The number of amides is 5. The van der Waals surface area contributed by atoms with Gasteiger partial charge in [-0.2, -0.15) is 5.26 Å². The second kappa shape index (κ2) is 10.1. The van der Waals surface area contributed by atoms with Gasteiger partial charge in [-0.1, -0.05) is 30.3 Å². The lowest BCUT2D eigenvalue weighted by Gasteiger charge is -2.29. The first-order valence-corrected chi connectivity index (χ1v) is 12.6. The Bertz CT molecular complexity index is 1550. The highest BCUT2D eigenvalue weighted by Crippen LogP contribution is 2.30. The Morgan fingerprint density at radius 2 is 1.77 bits per heavy atom. The third kappa shape index (κ3) is 5.22. The Morgan fingerprint density at radius 3 is 2.51 bits per heavy atom. The Hall–Kier alpha value is -4.97. The average Bonchev–Trinajstić information content (AvgIpc) is 3.23. The minimum atomic E-state index is -0.720. The minimum absolute atomic E-state index is 0.189. The zero-order valence-corrected chi connectivity index (χ0v) is 21.6. The number of carbonyl (C=O) groups excluding carboxylic acids is 4. The summed E-state index contributed by atoms with van der Waals surface area (Å²) in [6.45, 7) is 4.02. The minimum Gasteiger partial charge on any atom is -0.329 e. The Labute approximate surface area is 225 Å². The van der Waals surface area contributed by atoms with Gasteiger partial charge in [-0.05, 0) is 78.9 Å². The maximum atomic E-state index is 13.0. The van der Waals surface area contributed by atoms with Crippen LogP contribution in [0, 0.1) is 11.3 Å². The summed E-state index contributed by atoms with van der Waals surface area (Å²) < 4.78 is 0. The van der Waals surface area contributed by atoms with Crippen LogP contribution >= 0.6 is 0 Å². The number of anilines is 1. The molecule has 3 N–H and O–H groups in total. The third-order valence-corrected chi connectivity index (χ3v) is 7.12. The molecule has 196 valence electrons. The largest absolute Gasteiger partial charge is 0.329 e. The number of hydrogen-bond acceptors (Lipinski definition) is 5. The quantitative estimate of drug-likeness (QED) is 0.436. The molecule has 3 aromatic carbocycles. The van der Waals surface area contributed by atoms with E-state index in [0.29, 0.717) is 22.4 Å². The first kappa shape index (κ1) is 25.7. The number of hydrogen-bond donors (Lipinski definition) is 3. The van der Waals surface area contributed by atoms with Crippen molar-refractivity contribution in [3.05, 3.63) is 89.0 Å². The summed E-state index contributed by atoms with van der Waals surface area (Å²) in [5.74, 6) is -1.06.